The monoisotopic (exact) mass is 395 g/mol. The second-order valence-corrected chi connectivity index (χ2v) is 7.80. The molecule has 2 aromatic rings. The summed E-state index contributed by atoms with van der Waals surface area (Å²) < 4.78 is 27.6. The predicted octanol–water partition coefficient (Wildman–Crippen LogP) is 2.05. The van der Waals surface area contributed by atoms with Crippen LogP contribution in [0.5, 0.6) is 0 Å². The molecule has 152 valence electrons. The molecular formula is C20H33N3O3S. The first-order chi connectivity index (χ1) is 13.0. The smallest absolute Gasteiger partial charge is 0.243 e. The van der Waals surface area contributed by atoms with Crippen LogP contribution in [-0.2, 0) is 10.0 Å². The van der Waals surface area contributed by atoms with Gasteiger partial charge in [-0.2, -0.15) is 4.31 Å². The van der Waals surface area contributed by atoms with Gasteiger partial charge in [0.05, 0.1) is 11.5 Å². The Morgan fingerprint density at radius 3 is 2.11 bits per heavy atom. The summed E-state index contributed by atoms with van der Waals surface area (Å²) >= 11 is 0. The molecule has 0 bridgehead atoms. The number of β-amino-alcohol motifs (C(OH)–C–C–N with tert-alkyl or cyclic N) is 1. The molecule has 0 aliphatic carbocycles. The molecule has 0 spiro atoms. The van der Waals surface area contributed by atoms with Crippen molar-refractivity contribution in [2.45, 2.75) is 25.7 Å². The second kappa shape index (κ2) is 11.4. The predicted molar refractivity (Wildman–Crippen MR) is 112 cm³/mol. The van der Waals surface area contributed by atoms with Gasteiger partial charge in [0.2, 0.25) is 10.0 Å². The molecule has 1 heterocycles. The fourth-order valence-corrected chi connectivity index (χ4v) is 4.77. The van der Waals surface area contributed by atoms with E-state index in [4.69, 9.17) is 5.11 Å². The molecule has 0 atom stereocenters. The summed E-state index contributed by atoms with van der Waals surface area (Å²) in [4.78, 5) is 2.47. The van der Waals surface area contributed by atoms with Crippen LogP contribution in [0.1, 0.15) is 19.4 Å². The van der Waals surface area contributed by atoms with E-state index >= 15 is 0 Å². The van der Waals surface area contributed by atoms with Gasteiger partial charge in [0.25, 0.3) is 0 Å². The number of aliphatic hydroxyl groups excluding tert-OH is 1. The highest BCUT2D eigenvalue weighted by Gasteiger charge is 2.29. The molecule has 1 fully saturated rings. The SMILES string of the molecule is CC.CN.Cc1cccc2c(S(=O)(=O)N3CCN(CCO)CC3)cccc12. The lowest BCUT2D eigenvalue weighted by Crippen LogP contribution is -2.49. The maximum Gasteiger partial charge on any atom is 0.243 e. The number of benzene rings is 2. The summed E-state index contributed by atoms with van der Waals surface area (Å²) in [6.07, 6.45) is 0. The van der Waals surface area contributed by atoms with E-state index in [2.05, 4.69) is 10.6 Å². The van der Waals surface area contributed by atoms with Gasteiger partial charge in [0.1, 0.15) is 0 Å². The minimum Gasteiger partial charge on any atom is -0.395 e. The molecule has 0 amide bonds. The van der Waals surface area contributed by atoms with E-state index in [9.17, 15) is 8.42 Å². The van der Waals surface area contributed by atoms with Crippen LogP contribution < -0.4 is 5.73 Å². The van der Waals surface area contributed by atoms with Gasteiger partial charge in [-0.1, -0.05) is 44.2 Å². The molecule has 1 aliphatic heterocycles. The largest absolute Gasteiger partial charge is 0.395 e. The molecule has 0 aromatic heterocycles. The fourth-order valence-electron chi connectivity index (χ4n) is 3.14. The van der Waals surface area contributed by atoms with Gasteiger partial charge in [-0.15, -0.1) is 0 Å². The van der Waals surface area contributed by atoms with Gasteiger partial charge in [-0.05, 0) is 31.0 Å². The van der Waals surface area contributed by atoms with Gasteiger partial charge in [-0.3, -0.25) is 4.90 Å². The molecular weight excluding hydrogens is 362 g/mol. The lowest BCUT2D eigenvalue weighted by molar-refractivity contribution is 0.151. The number of hydrogen-bond acceptors (Lipinski definition) is 5. The van der Waals surface area contributed by atoms with Crippen molar-refractivity contribution in [3.05, 3.63) is 42.0 Å². The molecule has 3 N–H and O–H groups in total. The van der Waals surface area contributed by atoms with Crippen molar-refractivity contribution in [2.75, 3.05) is 46.4 Å². The molecule has 0 unspecified atom stereocenters. The summed E-state index contributed by atoms with van der Waals surface area (Å²) in [5.41, 5.74) is 5.58. The minimum atomic E-state index is -3.50. The summed E-state index contributed by atoms with van der Waals surface area (Å²) in [6.45, 7) is 8.94. The van der Waals surface area contributed by atoms with Crippen LogP contribution in [0, 0.1) is 6.92 Å². The molecule has 1 saturated heterocycles. The van der Waals surface area contributed by atoms with Crippen LogP contribution in [0.15, 0.2) is 41.3 Å². The summed E-state index contributed by atoms with van der Waals surface area (Å²) in [7, 11) is -2.00. The number of hydrogen-bond donors (Lipinski definition) is 2. The Balaban J connectivity index is 0.000000855. The molecule has 2 aromatic carbocycles. The average Bonchev–Trinajstić information content (AvgIpc) is 2.72. The summed E-state index contributed by atoms with van der Waals surface area (Å²) in [6, 6.07) is 11.2. The highest BCUT2D eigenvalue weighted by atomic mass is 32.2. The van der Waals surface area contributed by atoms with E-state index in [1.165, 1.54) is 7.05 Å². The van der Waals surface area contributed by atoms with E-state index in [-0.39, 0.29) is 6.61 Å². The lowest BCUT2D eigenvalue weighted by Gasteiger charge is -2.33. The zero-order valence-electron chi connectivity index (χ0n) is 16.9. The van der Waals surface area contributed by atoms with Crippen molar-refractivity contribution in [3.63, 3.8) is 0 Å². The van der Waals surface area contributed by atoms with Crippen molar-refractivity contribution in [1.29, 1.82) is 0 Å². The second-order valence-electron chi connectivity index (χ2n) is 5.90. The van der Waals surface area contributed by atoms with Crippen LogP contribution in [0.3, 0.4) is 0 Å². The number of aliphatic hydroxyl groups is 1. The van der Waals surface area contributed by atoms with E-state index in [0.29, 0.717) is 37.6 Å². The van der Waals surface area contributed by atoms with Gasteiger partial charge < -0.3 is 10.8 Å². The third-order valence-corrected chi connectivity index (χ3v) is 6.42. The number of piperazine rings is 1. The molecule has 6 nitrogen and oxygen atoms in total. The first kappa shape index (κ1) is 23.5. The number of nitrogens with two attached hydrogens (primary N) is 1. The van der Waals surface area contributed by atoms with Crippen LogP contribution in [0.25, 0.3) is 10.8 Å². The highest BCUT2D eigenvalue weighted by Crippen LogP contribution is 2.28. The van der Waals surface area contributed by atoms with Crippen LogP contribution in [0.2, 0.25) is 0 Å². The number of rotatable bonds is 4. The molecule has 27 heavy (non-hydrogen) atoms. The third kappa shape index (κ3) is 5.49. The standard InChI is InChI=1S/C17H22N2O3S.C2H6.CH5N/c1-14-4-2-6-16-15(14)5-3-7-17(16)23(21,22)19-10-8-18(9-11-19)12-13-20;2*1-2/h2-7,20H,8-13H2,1H3;1-2H3;2H2,1H3. The van der Waals surface area contributed by atoms with E-state index < -0.39 is 10.0 Å². The Labute approximate surface area is 163 Å². The van der Waals surface area contributed by atoms with Crippen molar-refractivity contribution < 1.29 is 13.5 Å². The van der Waals surface area contributed by atoms with Gasteiger partial charge in [0.15, 0.2) is 0 Å². The molecule has 3 rings (SSSR count). The van der Waals surface area contributed by atoms with Gasteiger partial charge >= 0.3 is 0 Å². The van der Waals surface area contributed by atoms with Gasteiger partial charge in [0, 0.05) is 38.1 Å². The average molecular weight is 396 g/mol. The highest BCUT2D eigenvalue weighted by molar-refractivity contribution is 7.89. The lowest BCUT2D eigenvalue weighted by atomic mass is 10.1. The Morgan fingerprint density at radius 1 is 0.963 bits per heavy atom. The van der Waals surface area contributed by atoms with Crippen LogP contribution >= 0.6 is 0 Å². The van der Waals surface area contributed by atoms with E-state index in [1.54, 1.807) is 10.4 Å². The maximum absolute atomic E-state index is 13.0. The molecule has 0 saturated carbocycles. The number of aryl methyl sites for hydroxylation is 1. The normalized spacial score (nSPS) is 15.5. The molecule has 1 aliphatic rings. The van der Waals surface area contributed by atoms with Crippen molar-refractivity contribution in [1.82, 2.24) is 9.21 Å². The summed E-state index contributed by atoms with van der Waals surface area (Å²) in [5, 5.41) is 10.8. The van der Waals surface area contributed by atoms with E-state index in [0.717, 1.165) is 16.3 Å². The topological polar surface area (TPSA) is 86.9 Å². The third-order valence-electron chi connectivity index (χ3n) is 4.47. The van der Waals surface area contributed by atoms with E-state index in [1.807, 2.05) is 51.1 Å². The van der Waals surface area contributed by atoms with Crippen molar-refractivity contribution >= 4 is 20.8 Å². The quantitative estimate of drug-likeness (QED) is 0.827. The number of fused-ring (bicyclic) bond motifs is 1. The van der Waals surface area contributed by atoms with Crippen molar-refractivity contribution in [2.24, 2.45) is 5.73 Å². The Hall–Kier alpha value is -1.51. The first-order valence-corrected chi connectivity index (χ1v) is 10.9. The zero-order chi connectivity index (χ0) is 20.4. The Morgan fingerprint density at radius 2 is 1.52 bits per heavy atom. The number of sulfonamides is 1. The van der Waals surface area contributed by atoms with Gasteiger partial charge in [-0.25, -0.2) is 8.42 Å². The Kier molecular flexibility index (Phi) is 9.90. The fraction of sp³-hybridized carbons (Fsp3) is 0.500. The Bertz CT molecular complexity index is 801. The zero-order valence-corrected chi connectivity index (χ0v) is 17.7. The van der Waals surface area contributed by atoms with Crippen LogP contribution in [0.4, 0.5) is 0 Å². The minimum absolute atomic E-state index is 0.106. The number of nitrogens with zero attached hydrogens (tertiary/aromatic N) is 2. The maximum atomic E-state index is 13.0. The summed E-state index contributed by atoms with van der Waals surface area (Å²) in [5.74, 6) is 0. The molecule has 7 heteroatoms. The van der Waals surface area contributed by atoms with Crippen LogP contribution in [-0.4, -0.2) is 69.1 Å². The first-order valence-electron chi connectivity index (χ1n) is 9.43. The van der Waals surface area contributed by atoms with Crippen molar-refractivity contribution in [3.8, 4) is 0 Å². The molecule has 0 radical (unpaired) electrons.